The second-order valence-corrected chi connectivity index (χ2v) is 8.27. The standard InChI is InChI=1S/C18H28N2O2S.ClH/c1-14(19)10-11-18(21)20-16-7-5-6-15(12-16)13-23(22)17-8-3-2-4-9-17;/h5-7,12,14,17H,2-4,8-11,13,19H2,1H3,(H,20,21);1H. The molecule has 0 spiro atoms. The normalized spacial score (nSPS) is 17.6. The van der Waals surface area contributed by atoms with Crippen LogP contribution in [0.4, 0.5) is 5.69 Å². The van der Waals surface area contributed by atoms with Crippen LogP contribution >= 0.6 is 12.4 Å². The Morgan fingerprint density at radius 1 is 1.33 bits per heavy atom. The van der Waals surface area contributed by atoms with Crippen LogP contribution in [0.15, 0.2) is 24.3 Å². The molecule has 0 aromatic heterocycles. The summed E-state index contributed by atoms with van der Waals surface area (Å²) in [4.78, 5) is 11.9. The summed E-state index contributed by atoms with van der Waals surface area (Å²) in [6.45, 7) is 1.90. The number of hydrogen-bond acceptors (Lipinski definition) is 3. The van der Waals surface area contributed by atoms with Crippen molar-refractivity contribution in [2.45, 2.75) is 68.9 Å². The van der Waals surface area contributed by atoms with E-state index in [0.717, 1.165) is 24.1 Å². The van der Waals surface area contributed by atoms with Crippen molar-refractivity contribution in [3.05, 3.63) is 29.8 Å². The number of benzene rings is 1. The van der Waals surface area contributed by atoms with Gasteiger partial charge in [0.25, 0.3) is 0 Å². The van der Waals surface area contributed by atoms with Crippen molar-refractivity contribution < 1.29 is 9.00 Å². The molecule has 0 heterocycles. The first-order chi connectivity index (χ1) is 11.0. The molecule has 6 heteroatoms. The molecule has 1 aliphatic carbocycles. The van der Waals surface area contributed by atoms with Gasteiger partial charge < -0.3 is 11.1 Å². The molecule has 0 radical (unpaired) electrons. The Morgan fingerprint density at radius 2 is 2.04 bits per heavy atom. The highest BCUT2D eigenvalue weighted by Gasteiger charge is 2.19. The summed E-state index contributed by atoms with van der Waals surface area (Å²) in [5.74, 6) is 0.557. The van der Waals surface area contributed by atoms with Crippen molar-refractivity contribution in [1.82, 2.24) is 0 Å². The average molecular weight is 373 g/mol. The van der Waals surface area contributed by atoms with E-state index in [0.29, 0.717) is 23.8 Å². The van der Waals surface area contributed by atoms with Crippen molar-refractivity contribution >= 4 is 34.8 Å². The van der Waals surface area contributed by atoms with Gasteiger partial charge in [-0.05, 0) is 43.9 Å². The minimum absolute atomic E-state index is 0. The molecule has 136 valence electrons. The fourth-order valence-corrected chi connectivity index (χ4v) is 4.53. The molecular formula is C18H29ClN2O2S. The lowest BCUT2D eigenvalue weighted by atomic mass is 10.0. The monoisotopic (exact) mass is 372 g/mol. The van der Waals surface area contributed by atoms with E-state index in [-0.39, 0.29) is 24.4 Å². The minimum atomic E-state index is -0.817. The van der Waals surface area contributed by atoms with E-state index < -0.39 is 10.8 Å². The number of rotatable bonds is 7. The van der Waals surface area contributed by atoms with Crippen LogP contribution in [-0.4, -0.2) is 21.4 Å². The molecule has 1 aliphatic rings. The van der Waals surface area contributed by atoms with Crippen molar-refractivity contribution in [1.29, 1.82) is 0 Å². The summed E-state index contributed by atoms with van der Waals surface area (Å²) in [6, 6.07) is 7.74. The summed E-state index contributed by atoms with van der Waals surface area (Å²) in [7, 11) is -0.817. The third-order valence-corrected chi connectivity index (χ3v) is 6.10. The van der Waals surface area contributed by atoms with Gasteiger partial charge in [-0.15, -0.1) is 12.4 Å². The molecule has 0 bridgehead atoms. The van der Waals surface area contributed by atoms with E-state index in [4.69, 9.17) is 5.73 Å². The molecule has 2 rings (SSSR count). The van der Waals surface area contributed by atoms with Gasteiger partial charge in [-0.2, -0.15) is 0 Å². The fraction of sp³-hybridized carbons (Fsp3) is 0.611. The summed E-state index contributed by atoms with van der Waals surface area (Å²) >= 11 is 0. The van der Waals surface area contributed by atoms with E-state index in [9.17, 15) is 9.00 Å². The van der Waals surface area contributed by atoms with Crippen LogP contribution in [0.2, 0.25) is 0 Å². The quantitative estimate of drug-likeness (QED) is 0.765. The van der Waals surface area contributed by atoms with Gasteiger partial charge in [-0.3, -0.25) is 9.00 Å². The number of hydrogen-bond donors (Lipinski definition) is 2. The Labute approximate surface area is 153 Å². The van der Waals surface area contributed by atoms with E-state index in [1.54, 1.807) is 0 Å². The Hall–Kier alpha value is -0.910. The zero-order valence-electron chi connectivity index (χ0n) is 14.3. The first kappa shape index (κ1) is 21.1. The molecule has 0 saturated heterocycles. The predicted octanol–water partition coefficient (Wildman–Crippen LogP) is 3.76. The summed E-state index contributed by atoms with van der Waals surface area (Å²) in [5.41, 5.74) is 7.47. The van der Waals surface area contributed by atoms with Crippen molar-refractivity contribution in [3.63, 3.8) is 0 Å². The first-order valence-electron chi connectivity index (χ1n) is 8.56. The Kier molecular flexibility index (Phi) is 9.56. The molecule has 3 N–H and O–H groups in total. The first-order valence-corrected chi connectivity index (χ1v) is 9.94. The molecule has 1 amide bonds. The lowest BCUT2D eigenvalue weighted by molar-refractivity contribution is -0.116. The van der Waals surface area contributed by atoms with Crippen molar-refractivity contribution in [3.8, 4) is 0 Å². The van der Waals surface area contributed by atoms with E-state index in [2.05, 4.69) is 5.32 Å². The van der Waals surface area contributed by atoms with Gasteiger partial charge in [0.15, 0.2) is 0 Å². The highest BCUT2D eigenvalue weighted by atomic mass is 35.5. The van der Waals surface area contributed by atoms with E-state index >= 15 is 0 Å². The second-order valence-electron chi connectivity index (χ2n) is 6.55. The largest absolute Gasteiger partial charge is 0.328 e. The van der Waals surface area contributed by atoms with Gasteiger partial charge in [0.1, 0.15) is 0 Å². The van der Waals surface area contributed by atoms with Gasteiger partial charge in [0.05, 0.1) is 0 Å². The lowest BCUT2D eigenvalue weighted by Gasteiger charge is -2.21. The molecule has 1 saturated carbocycles. The number of amides is 1. The summed E-state index contributed by atoms with van der Waals surface area (Å²) in [5, 5.41) is 3.24. The van der Waals surface area contributed by atoms with Gasteiger partial charge in [-0.1, -0.05) is 31.4 Å². The molecule has 4 nitrogen and oxygen atoms in total. The van der Waals surface area contributed by atoms with Crippen LogP contribution in [0.3, 0.4) is 0 Å². The number of carbonyl (C=O) groups is 1. The Balaban J connectivity index is 0.00000288. The number of nitrogens with one attached hydrogen (secondary N) is 1. The minimum Gasteiger partial charge on any atom is -0.328 e. The number of halogens is 1. The summed E-state index contributed by atoms with van der Waals surface area (Å²) < 4.78 is 12.5. The van der Waals surface area contributed by atoms with Gasteiger partial charge in [0.2, 0.25) is 5.91 Å². The molecule has 1 fully saturated rings. The SMILES string of the molecule is CC(N)CCC(=O)Nc1cccc(CS(=O)C2CCCCC2)c1.Cl. The molecule has 2 atom stereocenters. The third-order valence-electron chi connectivity index (χ3n) is 4.27. The summed E-state index contributed by atoms with van der Waals surface area (Å²) in [6.07, 6.45) is 6.95. The second kappa shape index (κ2) is 10.9. The molecule has 1 aromatic carbocycles. The molecule has 2 unspecified atom stereocenters. The van der Waals surface area contributed by atoms with E-state index in [1.165, 1.54) is 19.3 Å². The maximum absolute atomic E-state index is 12.5. The highest BCUT2D eigenvalue weighted by molar-refractivity contribution is 7.84. The van der Waals surface area contributed by atoms with Gasteiger partial charge in [0, 0.05) is 40.0 Å². The van der Waals surface area contributed by atoms with Gasteiger partial charge >= 0.3 is 0 Å². The van der Waals surface area contributed by atoms with Crippen LogP contribution in [-0.2, 0) is 21.3 Å². The predicted molar refractivity (Wildman–Crippen MR) is 104 cm³/mol. The topological polar surface area (TPSA) is 72.2 Å². The molecule has 0 aliphatic heterocycles. The zero-order chi connectivity index (χ0) is 16.7. The van der Waals surface area contributed by atoms with Crippen LogP contribution < -0.4 is 11.1 Å². The third kappa shape index (κ3) is 7.32. The maximum Gasteiger partial charge on any atom is 0.224 e. The zero-order valence-corrected chi connectivity index (χ0v) is 16.0. The van der Waals surface area contributed by atoms with Crippen molar-refractivity contribution in [2.24, 2.45) is 5.73 Å². The average Bonchev–Trinajstić information content (AvgIpc) is 2.54. The highest BCUT2D eigenvalue weighted by Crippen LogP contribution is 2.24. The van der Waals surface area contributed by atoms with Crippen molar-refractivity contribution in [2.75, 3.05) is 5.32 Å². The Morgan fingerprint density at radius 3 is 2.71 bits per heavy atom. The maximum atomic E-state index is 12.5. The molecular weight excluding hydrogens is 344 g/mol. The molecule has 1 aromatic rings. The molecule has 24 heavy (non-hydrogen) atoms. The number of carbonyl (C=O) groups excluding carboxylic acids is 1. The Bertz CT molecular complexity index is 546. The fourth-order valence-electron chi connectivity index (χ4n) is 2.93. The number of nitrogens with two attached hydrogens (primary N) is 1. The van der Waals surface area contributed by atoms with Gasteiger partial charge in [-0.25, -0.2) is 0 Å². The number of anilines is 1. The van der Waals surface area contributed by atoms with Crippen LogP contribution in [0, 0.1) is 0 Å². The van der Waals surface area contributed by atoms with Crippen LogP contribution in [0.1, 0.15) is 57.4 Å². The van der Waals surface area contributed by atoms with E-state index in [1.807, 2.05) is 31.2 Å². The van der Waals surface area contributed by atoms with Crippen LogP contribution in [0.5, 0.6) is 0 Å². The van der Waals surface area contributed by atoms with Crippen LogP contribution in [0.25, 0.3) is 0 Å². The smallest absolute Gasteiger partial charge is 0.224 e. The lowest BCUT2D eigenvalue weighted by Crippen LogP contribution is -2.20.